The number of rotatable bonds is 2. The number of hydrogen-bond acceptors (Lipinski definition) is 4. The van der Waals surface area contributed by atoms with E-state index in [-0.39, 0.29) is 12.0 Å². The molecule has 15 heavy (non-hydrogen) atoms. The molecule has 2 rings (SSSR count). The van der Waals surface area contributed by atoms with Gasteiger partial charge in [0.25, 0.3) is 0 Å². The summed E-state index contributed by atoms with van der Waals surface area (Å²) in [6.45, 7) is 1.17. The van der Waals surface area contributed by atoms with Gasteiger partial charge in [0.1, 0.15) is 0 Å². The molecule has 1 N–H and O–H groups in total. The van der Waals surface area contributed by atoms with Crippen molar-refractivity contribution in [1.29, 1.82) is 0 Å². The van der Waals surface area contributed by atoms with E-state index in [4.69, 9.17) is 14.2 Å². The van der Waals surface area contributed by atoms with Crippen molar-refractivity contribution in [3.05, 3.63) is 22.2 Å². The minimum Gasteiger partial charge on any atom is -0.504 e. The summed E-state index contributed by atoms with van der Waals surface area (Å²) in [7, 11) is 1.50. The van der Waals surface area contributed by atoms with Crippen molar-refractivity contribution in [3.63, 3.8) is 0 Å². The van der Waals surface area contributed by atoms with Crippen molar-refractivity contribution in [1.82, 2.24) is 0 Å². The van der Waals surface area contributed by atoms with Crippen LogP contribution in [-0.2, 0) is 9.47 Å². The van der Waals surface area contributed by atoms with E-state index >= 15 is 0 Å². The Morgan fingerprint density at radius 1 is 1.40 bits per heavy atom. The Morgan fingerprint density at radius 2 is 2.07 bits per heavy atom. The molecule has 1 aliphatic rings. The molecule has 4 nitrogen and oxygen atoms in total. The highest BCUT2D eigenvalue weighted by Crippen LogP contribution is 2.37. The van der Waals surface area contributed by atoms with Gasteiger partial charge in [-0.2, -0.15) is 0 Å². The monoisotopic (exact) mass is 274 g/mol. The predicted molar refractivity (Wildman–Crippen MR) is 57.0 cm³/mol. The summed E-state index contributed by atoms with van der Waals surface area (Å²) in [4.78, 5) is 0. The molecule has 82 valence electrons. The molecule has 0 aromatic heterocycles. The second kappa shape index (κ2) is 4.38. The number of methoxy groups -OCH3 is 1. The normalized spacial score (nSPS) is 16.9. The molecule has 0 radical (unpaired) electrons. The van der Waals surface area contributed by atoms with Crippen LogP contribution < -0.4 is 4.74 Å². The van der Waals surface area contributed by atoms with Gasteiger partial charge in [-0.05, 0) is 12.1 Å². The third-order valence-corrected chi connectivity index (χ3v) is 2.86. The van der Waals surface area contributed by atoms with Crippen LogP contribution in [0.3, 0.4) is 0 Å². The van der Waals surface area contributed by atoms with Crippen LogP contribution >= 0.6 is 15.9 Å². The van der Waals surface area contributed by atoms with Gasteiger partial charge in [-0.3, -0.25) is 0 Å². The fourth-order valence-electron chi connectivity index (χ4n) is 1.44. The molecule has 1 fully saturated rings. The summed E-state index contributed by atoms with van der Waals surface area (Å²) >= 11 is 3.34. The number of phenolic OH excluding ortho intramolecular Hbond substituents is 1. The molecule has 1 heterocycles. The summed E-state index contributed by atoms with van der Waals surface area (Å²) in [6.07, 6.45) is -0.381. The van der Waals surface area contributed by atoms with Crippen LogP contribution in [0, 0.1) is 0 Å². The van der Waals surface area contributed by atoms with E-state index in [2.05, 4.69) is 15.9 Å². The molecular weight excluding hydrogens is 264 g/mol. The molecule has 0 amide bonds. The Kier molecular flexibility index (Phi) is 3.14. The lowest BCUT2D eigenvalue weighted by molar-refractivity contribution is -0.0447. The quantitative estimate of drug-likeness (QED) is 0.899. The second-order valence-corrected chi connectivity index (χ2v) is 3.97. The summed E-state index contributed by atoms with van der Waals surface area (Å²) in [5.41, 5.74) is 0.821. The first-order valence-corrected chi connectivity index (χ1v) is 5.31. The van der Waals surface area contributed by atoms with Crippen molar-refractivity contribution in [2.75, 3.05) is 20.3 Å². The Bertz CT molecular complexity index is 361. The fraction of sp³-hybridized carbons (Fsp3) is 0.400. The third kappa shape index (κ3) is 2.09. The lowest BCUT2D eigenvalue weighted by Gasteiger charge is -2.13. The predicted octanol–water partition coefficient (Wildman–Crippen LogP) is 2.21. The molecule has 0 atom stereocenters. The van der Waals surface area contributed by atoms with Gasteiger partial charge in [-0.1, -0.05) is 15.9 Å². The van der Waals surface area contributed by atoms with Crippen molar-refractivity contribution >= 4 is 15.9 Å². The molecule has 1 aliphatic heterocycles. The SMILES string of the molecule is COc1cc(C2OCCO2)c(Br)cc1O. The van der Waals surface area contributed by atoms with E-state index < -0.39 is 0 Å². The highest BCUT2D eigenvalue weighted by molar-refractivity contribution is 9.10. The van der Waals surface area contributed by atoms with E-state index in [0.29, 0.717) is 19.0 Å². The van der Waals surface area contributed by atoms with Crippen LogP contribution in [0.4, 0.5) is 0 Å². The summed E-state index contributed by atoms with van der Waals surface area (Å²) in [5, 5.41) is 9.52. The van der Waals surface area contributed by atoms with Gasteiger partial charge in [0, 0.05) is 10.0 Å². The molecule has 0 unspecified atom stereocenters. The van der Waals surface area contributed by atoms with Crippen LogP contribution in [0.2, 0.25) is 0 Å². The van der Waals surface area contributed by atoms with E-state index in [9.17, 15) is 5.11 Å². The number of halogens is 1. The number of phenols is 1. The standard InChI is InChI=1S/C10H11BrO4/c1-13-9-4-6(7(11)5-8(9)12)10-14-2-3-15-10/h4-5,10,12H,2-3H2,1H3. The van der Waals surface area contributed by atoms with E-state index in [1.54, 1.807) is 12.1 Å². The van der Waals surface area contributed by atoms with E-state index in [1.165, 1.54) is 7.11 Å². The van der Waals surface area contributed by atoms with Gasteiger partial charge in [0.15, 0.2) is 17.8 Å². The minimum atomic E-state index is -0.381. The fourth-order valence-corrected chi connectivity index (χ4v) is 1.96. The first-order chi connectivity index (χ1) is 7.22. The maximum absolute atomic E-state index is 9.52. The highest BCUT2D eigenvalue weighted by atomic mass is 79.9. The molecule has 1 aromatic rings. The summed E-state index contributed by atoms with van der Waals surface area (Å²) < 4.78 is 16.5. The molecule has 0 bridgehead atoms. The maximum atomic E-state index is 9.52. The van der Waals surface area contributed by atoms with Gasteiger partial charge in [0.2, 0.25) is 0 Å². The molecular formula is C10H11BrO4. The Hall–Kier alpha value is -0.780. The Labute approximate surface area is 95.9 Å². The number of benzene rings is 1. The minimum absolute atomic E-state index is 0.0890. The lowest BCUT2D eigenvalue weighted by Crippen LogP contribution is -2.00. The first-order valence-electron chi connectivity index (χ1n) is 4.52. The third-order valence-electron chi connectivity index (χ3n) is 2.17. The average Bonchev–Trinajstić information content (AvgIpc) is 2.71. The summed E-state index contributed by atoms with van der Waals surface area (Å²) in [5.74, 6) is 0.499. The largest absolute Gasteiger partial charge is 0.504 e. The molecule has 0 spiro atoms. The van der Waals surface area contributed by atoms with Gasteiger partial charge in [-0.15, -0.1) is 0 Å². The van der Waals surface area contributed by atoms with Gasteiger partial charge in [0.05, 0.1) is 20.3 Å². The molecule has 0 aliphatic carbocycles. The van der Waals surface area contributed by atoms with E-state index in [0.717, 1.165) is 10.0 Å². The zero-order chi connectivity index (χ0) is 10.8. The molecule has 1 saturated heterocycles. The van der Waals surface area contributed by atoms with Gasteiger partial charge in [-0.25, -0.2) is 0 Å². The first kappa shape index (κ1) is 10.7. The molecule has 0 saturated carbocycles. The zero-order valence-corrected chi connectivity index (χ0v) is 9.78. The van der Waals surface area contributed by atoms with Crippen molar-refractivity contribution in [2.45, 2.75) is 6.29 Å². The summed E-state index contributed by atoms with van der Waals surface area (Å²) in [6, 6.07) is 3.27. The Morgan fingerprint density at radius 3 is 2.67 bits per heavy atom. The highest BCUT2D eigenvalue weighted by Gasteiger charge is 2.22. The van der Waals surface area contributed by atoms with Crippen LogP contribution in [-0.4, -0.2) is 25.4 Å². The van der Waals surface area contributed by atoms with Gasteiger partial charge < -0.3 is 19.3 Å². The van der Waals surface area contributed by atoms with Crippen molar-refractivity contribution < 1.29 is 19.3 Å². The van der Waals surface area contributed by atoms with Crippen molar-refractivity contribution in [2.24, 2.45) is 0 Å². The number of aromatic hydroxyl groups is 1. The number of ether oxygens (including phenoxy) is 3. The van der Waals surface area contributed by atoms with Crippen LogP contribution in [0.25, 0.3) is 0 Å². The number of hydrogen-bond donors (Lipinski definition) is 1. The topological polar surface area (TPSA) is 47.9 Å². The zero-order valence-electron chi connectivity index (χ0n) is 8.20. The van der Waals surface area contributed by atoms with E-state index in [1.807, 2.05) is 0 Å². The second-order valence-electron chi connectivity index (χ2n) is 3.12. The lowest BCUT2D eigenvalue weighted by atomic mass is 10.2. The molecule has 5 heteroatoms. The van der Waals surface area contributed by atoms with Crippen LogP contribution in [0.1, 0.15) is 11.9 Å². The average molecular weight is 275 g/mol. The smallest absolute Gasteiger partial charge is 0.185 e. The Balaban J connectivity index is 2.37. The maximum Gasteiger partial charge on any atom is 0.185 e. The van der Waals surface area contributed by atoms with Crippen LogP contribution in [0.5, 0.6) is 11.5 Å². The van der Waals surface area contributed by atoms with Crippen molar-refractivity contribution in [3.8, 4) is 11.5 Å². The molecule has 1 aromatic carbocycles. The van der Waals surface area contributed by atoms with Crippen LogP contribution in [0.15, 0.2) is 16.6 Å². The van der Waals surface area contributed by atoms with Gasteiger partial charge >= 0.3 is 0 Å².